The molecule has 3 aromatic rings. The van der Waals surface area contributed by atoms with E-state index in [0.717, 1.165) is 49.7 Å². The van der Waals surface area contributed by atoms with Crippen LogP contribution in [-0.4, -0.2) is 32.6 Å². The molecule has 1 N–H and O–H groups in total. The van der Waals surface area contributed by atoms with Crippen LogP contribution >= 0.6 is 0 Å². The number of ether oxygens (including phenoxy) is 1. The molecule has 3 rings (SSSR count). The van der Waals surface area contributed by atoms with Gasteiger partial charge >= 0.3 is 0 Å². The molecular formula is C22H29N3O2. The van der Waals surface area contributed by atoms with Gasteiger partial charge < -0.3 is 9.84 Å². The van der Waals surface area contributed by atoms with Gasteiger partial charge in [0.15, 0.2) is 0 Å². The normalized spacial score (nSPS) is 13.6. The van der Waals surface area contributed by atoms with Crippen LogP contribution < -0.4 is 4.74 Å². The van der Waals surface area contributed by atoms with Crippen LogP contribution in [-0.2, 0) is 0 Å². The summed E-state index contributed by atoms with van der Waals surface area (Å²) in [6.45, 7) is 2.81. The molecule has 1 aromatic heterocycles. The summed E-state index contributed by atoms with van der Waals surface area (Å²) in [7, 11) is 0. The van der Waals surface area contributed by atoms with Crippen molar-refractivity contribution in [2.24, 2.45) is 0 Å². The molecule has 0 aliphatic rings. The number of fused-ring (bicyclic) bond motifs is 1. The number of aromatic nitrogens is 3. The summed E-state index contributed by atoms with van der Waals surface area (Å²) in [6, 6.07) is 14.4. The molecule has 5 nitrogen and oxygen atoms in total. The van der Waals surface area contributed by atoms with Gasteiger partial charge in [0.2, 0.25) is 0 Å². The molecule has 0 saturated heterocycles. The molecule has 0 aliphatic heterocycles. The highest BCUT2D eigenvalue weighted by Crippen LogP contribution is 2.26. The molecule has 0 amide bonds. The summed E-state index contributed by atoms with van der Waals surface area (Å²) >= 11 is 0. The van der Waals surface area contributed by atoms with Crippen LogP contribution in [0.25, 0.3) is 10.8 Å². The first-order valence-electron chi connectivity index (χ1n) is 9.92. The van der Waals surface area contributed by atoms with Crippen molar-refractivity contribution in [3.8, 4) is 5.75 Å². The van der Waals surface area contributed by atoms with Crippen LogP contribution in [0.3, 0.4) is 0 Å². The molecule has 0 aliphatic carbocycles. The Morgan fingerprint density at radius 2 is 1.89 bits per heavy atom. The van der Waals surface area contributed by atoms with Crippen molar-refractivity contribution in [3.63, 3.8) is 0 Å². The number of hydrogen-bond acceptors (Lipinski definition) is 4. The third-order valence-electron chi connectivity index (χ3n) is 4.98. The standard InChI is InChI=1S/C22H29N3O2/c1-2-3-13-21(26)20(25-17-23-16-24-25)12-6-7-15-27-22-14-8-10-18-9-4-5-11-19(18)22/h4-5,8-11,14,16-17,20-21,26H,2-3,6-7,12-13,15H2,1H3. The van der Waals surface area contributed by atoms with Crippen LogP contribution in [0.1, 0.15) is 51.5 Å². The first-order chi connectivity index (χ1) is 13.3. The minimum Gasteiger partial charge on any atom is -0.493 e. The maximum absolute atomic E-state index is 10.5. The second-order valence-electron chi connectivity index (χ2n) is 6.97. The van der Waals surface area contributed by atoms with Gasteiger partial charge in [0, 0.05) is 5.39 Å². The Morgan fingerprint density at radius 1 is 1.04 bits per heavy atom. The van der Waals surface area contributed by atoms with Crippen molar-refractivity contribution in [2.45, 2.75) is 57.6 Å². The van der Waals surface area contributed by atoms with Crippen molar-refractivity contribution < 1.29 is 9.84 Å². The van der Waals surface area contributed by atoms with Gasteiger partial charge in [-0.25, -0.2) is 9.67 Å². The lowest BCUT2D eigenvalue weighted by molar-refractivity contribution is 0.0878. The zero-order valence-electron chi connectivity index (χ0n) is 16.0. The van der Waals surface area contributed by atoms with Crippen molar-refractivity contribution >= 4 is 10.8 Å². The highest BCUT2D eigenvalue weighted by molar-refractivity contribution is 5.88. The minimum absolute atomic E-state index is 0.0170. The van der Waals surface area contributed by atoms with E-state index in [2.05, 4.69) is 35.2 Å². The lowest BCUT2D eigenvalue weighted by atomic mass is 10.00. The fourth-order valence-corrected chi connectivity index (χ4v) is 3.45. The predicted octanol–water partition coefficient (Wildman–Crippen LogP) is 4.77. The molecule has 27 heavy (non-hydrogen) atoms. The number of aliphatic hydroxyl groups excluding tert-OH is 1. The third-order valence-corrected chi connectivity index (χ3v) is 4.98. The van der Waals surface area contributed by atoms with E-state index in [1.165, 1.54) is 11.7 Å². The van der Waals surface area contributed by atoms with Crippen LogP contribution in [0, 0.1) is 0 Å². The number of aliphatic hydroxyl groups is 1. The second-order valence-corrected chi connectivity index (χ2v) is 6.97. The summed E-state index contributed by atoms with van der Waals surface area (Å²) in [6.07, 6.45) is 8.53. The monoisotopic (exact) mass is 367 g/mol. The van der Waals surface area contributed by atoms with E-state index in [9.17, 15) is 5.11 Å². The lowest BCUT2D eigenvalue weighted by Crippen LogP contribution is -2.25. The topological polar surface area (TPSA) is 60.2 Å². The molecule has 2 unspecified atom stereocenters. The summed E-state index contributed by atoms with van der Waals surface area (Å²) in [5.74, 6) is 0.934. The van der Waals surface area contributed by atoms with E-state index >= 15 is 0 Å². The number of nitrogens with zero attached hydrogens (tertiary/aromatic N) is 3. The van der Waals surface area contributed by atoms with E-state index in [-0.39, 0.29) is 12.1 Å². The van der Waals surface area contributed by atoms with Gasteiger partial charge in [-0.05, 0) is 37.1 Å². The maximum Gasteiger partial charge on any atom is 0.137 e. The van der Waals surface area contributed by atoms with E-state index in [4.69, 9.17) is 4.74 Å². The average Bonchev–Trinajstić information content (AvgIpc) is 3.23. The zero-order valence-corrected chi connectivity index (χ0v) is 16.0. The zero-order chi connectivity index (χ0) is 18.9. The molecule has 144 valence electrons. The van der Waals surface area contributed by atoms with Gasteiger partial charge in [0.1, 0.15) is 18.4 Å². The number of unbranched alkanes of at least 4 members (excludes halogenated alkanes) is 2. The summed E-state index contributed by atoms with van der Waals surface area (Å²) < 4.78 is 7.82. The summed E-state index contributed by atoms with van der Waals surface area (Å²) in [5, 5.41) is 17.1. The van der Waals surface area contributed by atoms with Crippen molar-refractivity contribution in [1.29, 1.82) is 0 Å². The Morgan fingerprint density at radius 3 is 2.70 bits per heavy atom. The van der Waals surface area contributed by atoms with Gasteiger partial charge in [-0.15, -0.1) is 0 Å². The van der Waals surface area contributed by atoms with Gasteiger partial charge in [-0.3, -0.25) is 0 Å². The van der Waals surface area contributed by atoms with Crippen molar-refractivity contribution in [3.05, 3.63) is 55.1 Å². The average molecular weight is 367 g/mol. The predicted molar refractivity (Wildman–Crippen MR) is 108 cm³/mol. The molecule has 2 aromatic carbocycles. The van der Waals surface area contributed by atoms with Gasteiger partial charge in [0.05, 0.1) is 18.8 Å². The Labute approximate surface area is 161 Å². The number of rotatable bonds is 11. The molecule has 2 atom stereocenters. The van der Waals surface area contributed by atoms with Crippen LogP contribution in [0.15, 0.2) is 55.1 Å². The highest BCUT2D eigenvalue weighted by Gasteiger charge is 2.20. The SMILES string of the molecule is CCCCC(O)C(CCCCOc1cccc2ccccc12)n1cncn1. The second kappa shape index (κ2) is 10.1. The van der Waals surface area contributed by atoms with E-state index in [0.29, 0.717) is 6.61 Å². The highest BCUT2D eigenvalue weighted by atomic mass is 16.5. The van der Waals surface area contributed by atoms with Gasteiger partial charge in [-0.2, -0.15) is 5.10 Å². The van der Waals surface area contributed by atoms with Gasteiger partial charge in [0.25, 0.3) is 0 Å². The minimum atomic E-state index is -0.384. The Hall–Kier alpha value is -2.40. The molecule has 0 radical (unpaired) electrons. The van der Waals surface area contributed by atoms with Crippen molar-refractivity contribution in [1.82, 2.24) is 14.8 Å². The van der Waals surface area contributed by atoms with E-state index in [1.54, 1.807) is 11.0 Å². The smallest absolute Gasteiger partial charge is 0.137 e. The van der Waals surface area contributed by atoms with E-state index in [1.807, 2.05) is 24.3 Å². The van der Waals surface area contributed by atoms with Crippen LogP contribution in [0.2, 0.25) is 0 Å². The third kappa shape index (κ3) is 5.30. The van der Waals surface area contributed by atoms with Gasteiger partial charge in [-0.1, -0.05) is 56.2 Å². The molecule has 5 heteroatoms. The summed E-state index contributed by atoms with van der Waals surface area (Å²) in [4.78, 5) is 4.03. The molecular weight excluding hydrogens is 338 g/mol. The maximum atomic E-state index is 10.5. The molecule has 0 spiro atoms. The van der Waals surface area contributed by atoms with E-state index < -0.39 is 0 Å². The first kappa shape index (κ1) is 19.4. The van der Waals surface area contributed by atoms with Crippen molar-refractivity contribution in [2.75, 3.05) is 6.61 Å². The largest absolute Gasteiger partial charge is 0.493 e. The molecule has 1 heterocycles. The lowest BCUT2D eigenvalue weighted by Gasteiger charge is -2.23. The number of benzene rings is 2. The Balaban J connectivity index is 1.50. The van der Waals surface area contributed by atoms with Crippen LogP contribution in [0.4, 0.5) is 0 Å². The number of hydrogen-bond donors (Lipinski definition) is 1. The summed E-state index contributed by atoms with van der Waals surface area (Å²) in [5.41, 5.74) is 0. The molecule has 0 saturated carbocycles. The van der Waals surface area contributed by atoms with Crippen LogP contribution in [0.5, 0.6) is 5.75 Å². The Bertz CT molecular complexity index is 799. The molecule has 0 bridgehead atoms. The molecule has 0 fully saturated rings. The Kier molecular flexibility index (Phi) is 7.22. The fraction of sp³-hybridized carbons (Fsp3) is 0.455. The first-order valence-corrected chi connectivity index (χ1v) is 9.92. The fourth-order valence-electron chi connectivity index (χ4n) is 3.45. The quantitative estimate of drug-likeness (QED) is 0.496.